The average molecular weight is 687 g/mol. The Balaban J connectivity index is 1.18. The Hall–Kier alpha value is -4.85. The first-order valence-electron chi connectivity index (χ1n) is 19.3. The van der Waals surface area contributed by atoms with Crippen LogP contribution < -0.4 is 20.9 Å². The number of hydrogen-bond donors (Lipinski definition) is 0. The van der Waals surface area contributed by atoms with E-state index in [4.69, 9.17) is 0 Å². The molecular formula is C51H42S. The third-order valence-electron chi connectivity index (χ3n) is 12.9. The molecule has 3 aromatic carbocycles. The van der Waals surface area contributed by atoms with Crippen LogP contribution in [0.3, 0.4) is 0 Å². The Morgan fingerprint density at radius 3 is 2.33 bits per heavy atom. The molecule has 1 heteroatoms. The van der Waals surface area contributed by atoms with Crippen LogP contribution in [0, 0.1) is 41.4 Å². The summed E-state index contributed by atoms with van der Waals surface area (Å²) in [6.07, 6.45) is 41.1. The molecule has 52 heavy (non-hydrogen) atoms. The minimum Gasteiger partial charge on any atom is -0.121 e. The molecule has 0 saturated carbocycles. The maximum absolute atomic E-state index is 2.63. The zero-order valence-corrected chi connectivity index (χ0v) is 30.3. The summed E-state index contributed by atoms with van der Waals surface area (Å²) in [5, 5.41) is 6.03. The first-order chi connectivity index (χ1) is 25.7. The summed E-state index contributed by atoms with van der Waals surface area (Å²) in [4.78, 5) is 1.60. The number of hydrogen-bond acceptors (Lipinski definition) is 1. The van der Waals surface area contributed by atoms with Crippen LogP contribution in [0.5, 0.6) is 0 Å². The highest BCUT2D eigenvalue weighted by Gasteiger charge is 2.40. The molecule has 0 spiro atoms. The fourth-order valence-electron chi connectivity index (χ4n) is 10.5. The van der Waals surface area contributed by atoms with Crippen molar-refractivity contribution >= 4 is 40.6 Å². The van der Waals surface area contributed by atoms with Gasteiger partial charge in [0.1, 0.15) is 0 Å². The number of rotatable bonds is 3. The molecule has 8 aliphatic rings. The molecule has 1 heterocycles. The van der Waals surface area contributed by atoms with Crippen molar-refractivity contribution in [3.8, 4) is 0 Å². The molecule has 8 atom stereocenters. The molecular weight excluding hydrogens is 645 g/mol. The number of thioether (sulfide) groups is 1. The summed E-state index contributed by atoms with van der Waals surface area (Å²) in [6.45, 7) is 2.42. The summed E-state index contributed by atoms with van der Waals surface area (Å²) in [6, 6.07) is 25.7. The molecule has 252 valence electrons. The standard InChI is InChI=1S/C51H42S/c1-31-26-33-13-4-5-15-35(33)28-44(31)50-41-19-8-7-18-40(41)49(37-23-22-32-12-2-3-14-34(32)27-37)46-29-36(24-25-42(46)50)45-30-47-39-17-10-11-21-48(39)52-51(47)43-20-9-6-16-38(43)45/h2-10,12-20,22-32,34,40-41,44,47,51H,11,21H2,1H3. The molecule has 0 aromatic heterocycles. The quantitative estimate of drug-likeness (QED) is 0.265. The molecule has 0 radical (unpaired) electrons. The molecule has 0 saturated heterocycles. The lowest BCUT2D eigenvalue weighted by molar-refractivity contribution is 0.584. The van der Waals surface area contributed by atoms with Gasteiger partial charge in [0.15, 0.2) is 0 Å². The highest BCUT2D eigenvalue weighted by molar-refractivity contribution is 8.03. The van der Waals surface area contributed by atoms with Crippen molar-refractivity contribution < 1.29 is 0 Å². The zero-order valence-electron chi connectivity index (χ0n) is 29.5. The first kappa shape index (κ1) is 30.7. The lowest BCUT2D eigenvalue weighted by atomic mass is 9.65. The van der Waals surface area contributed by atoms with E-state index in [9.17, 15) is 0 Å². The summed E-state index contributed by atoms with van der Waals surface area (Å²) >= 11 is 2.12. The van der Waals surface area contributed by atoms with Crippen LogP contribution in [-0.2, 0) is 0 Å². The lowest BCUT2D eigenvalue weighted by Gasteiger charge is -2.39. The third-order valence-corrected chi connectivity index (χ3v) is 14.4. The van der Waals surface area contributed by atoms with Crippen molar-refractivity contribution in [1.82, 2.24) is 0 Å². The zero-order chi connectivity index (χ0) is 34.3. The van der Waals surface area contributed by atoms with Crippen LogP contribution in [0.4, 0.5) is 0 Å². The Bertz CT molecular complexity index is 2610. The van der Waals surface area contributed by atoms with Crippen LogP contribution in [0.1, 0.15) is 41.7 Å². The summed E-state index contributed by atoms with van der Waals surface area (Å²) < 4.78 is 0. The fourth-order valence-corrected chi connectivity index (χ4v) is 12.1. The largest absolute Gasteiger partial charge is 0.121 e. The van der Waals surface area contributed by atoms with Crippen LogP contribution in [0.15, 0.2) is 168 Å². The van der Waals surface area contributed by atoms with Crippen molar-refractivity contribution in [2.45, 2.75) is 25.0 Å². The van der Waals surface area contributed by atoms with E-state index in [-0.39, 0.29) is 5.92 Å². The van der Waals surface area contributed by atoms with E-state index >= 15 is 0 Å². The van der Waals surface area contributed by atoms with E-state index in [2.05, 4.69) is 183 Å². The van der Waals surface area contributed by atoms with Gasteiger partial charge in [-0.15, -0.1) is 11.8 Å². The maximum atomic E-state index is 2.63. The average Bonchev–Trinajstić information content (AvgIpc) is 3.58. The van der Waals surface area contributed by atoms with Crippen molar-refractivity contribution in [2.24, 2.45) is 41.4 Å². The fraction of sp³-hybridized carbons (Fsp3) is 0.216. The Labute approximate surface area is 311 Å². The van der Waals surface area contributed by atoms with Crippen molar-refractivity contribution in [3.05, 3.63) is 205 Å². The van der Waals surface area contributed by atoms with Gasteiger partial charge in [-0.3, -0.25) is 0 Å². The molecule has 8 unspecified atom stereocenters. The predicted molar refractivity (Wildman–Crippen MR) is 220 cm³/mol. The molecule has 0 amide bonds. The van der Waals surface area contributed by atoms with Gasteiger partial charge in [-0.1, -0.05) is 165 Å². The van der Waals surface area contributed by atoms with E-state index in [1.165, 1.54) is 60.7 Å². The molecule has 0 nitrogen and oxygen atoms in total. The van der Waals surface area contributed by atoms with Crippen molar-refractivity contribution in [3.63, 3.8) is 0 Å². The number of allylic oxidation sites excluding steroid dienone is 17. The SMILES string of the molecule is CC1C=c2ccccc2=CC1C1=c2ccc(C3=CC4C5=C(CCC=C5)SC4c4ccccc43)cc2=C(C2=CC3C=CC=CC3C=C2)C2C=CC=CC12. The van der Waals surface area contributed by atoms with E-state index in [1.54, 1.807) is 16.1 Å². The highest BCUT2D eigenvalue weighted by atomic mass is 32.2. The summed E-state index contributed by atoms with van der Waals surface area (Å²) in [7, 11) is 0. The second-order valence-corrected chi connectivity index (χ2v) is 17.0. The van der Waals surface area contributed by atoms with Gasteiger partial charge in [0.05, 0.1) is 0 Å². The molecule has 1 aliphatic heterocycles. The van der Waals surface area contributed by atoms with Crippen LogP contribution >= 0.6 is 11.8 Å². The van der Waals surface area contributed by atoms with Crippen molar-refractivity contribution in [2.75, 3.05) is 0 Å². The third kappa shape index (κ3) is 4.75. The van der Waals surface area contributed by atoms with Crippen LogP contribution in [0.2, 0.25) is 0 Å². The molecule has 11 rings (SSSR count). The predicted octanol–water partition coefficient (Wildman–Crippen LogP) is 9.20. The smallest absolute Gasteiger partial charge is 0.0451 e. The second kappa shape index (κ2) is 12.1. The minimum absolute atomic E-state index is 0.277. The summed E-state index contributed by atoms with van der Waals surface area (Å²) in [5.74, 6) is 2.56. The monoisotopic (exact) mass is 686 g/mol. The van der Waals surface area contributed by atoms with E-state index in [1.807, 2.05) is 0 Å². The summed E-state index contributed by atoms with van der Waals surface area (Å²) in [5.41, 5.74) is 11.6. The second-order valence-electron chi connectivity index (χ2n) is 15.8. The Morgan fingerprint density at radius 2 is 1.42 bits per heavy atom. The highest BCUT2D eigenvalue weighted by Crippen LogP contribution is 2.59. The van der Waals surface area contributed by atoms with Gasteiger partial charge in [-0.05, 0) is 95.2 Å². The van der Waals surface area contributed by atoms with Gasteiger partial charge in [-0.25, -0.2) is 0 Å². The molecule has 0 bridgehead atoms. The number of benzene rings is 3. The number of fused-ring (bicyclic) bond motifs is 8. The minimum atomic E-state index is 0.277. The molecule has 7 aliphatic carbocycles. The Kier molecular flexibility index (Phi) is 7.16. The lowest BCUT2D eigenvalue weighted by Crippen LogP contribution is -2.44. The van der Waals surface area contributed by atoms with Gasteiger partial charge in [-0.2, -0.15) is 0 Å². The van der Waals surface area contributed by atoms with E-state index in [0.29, 0.717) is 40.8 Å². The van der Waals surface area contributed by atoms with Crippen LogP contribution in [0.25, 0.3) is 28.9 Å². The molecule has 0 N–H and O–H groups in total. The van der Waals surface area contributed by atoms with Crippen LogP contribution in [-0.4, -0.2) is 0 Å². The molecule has 3 aromatic rings. The van der Waals surface area contributed by atoms with Gasteiger partial charge < -0.3 is 0 Å². The van der Waals surface area contributed by atoms with Gasteiger partial charge >= 0.3 is 0 Å². The van der Waals surface area contributed by atoms with Gasteiger partial charge in [0, 0.05) is 40.8 Å². The van der Waals surface area contributed by atoms with Gasteiger partial charge in [0.2, 0.25) is 0 Å². The topological polar surface area (TPSA) is 0 Å². The maximum Gasteiger partial charge on any atom is 0.0451 e. The normalized spacial score (nSPS) is 31.2. The van der Waals surface area contributed by atoms with E-state index < -0.39 is 0 Å². The van der Waals surface area contributed by atoms with Gasteiger partial charge in [0.25, 0.3) is 0 Å². The molecule has 0 fully saturated rings. The Morgan fingerprint density at radius 1 is 0.635 bits per heavy atom. The van der Waals surface area contributed by atoms with E-state index in [0.717, 1.165) is 6.42 Å². The first-order valence-corrected chi connectivity index (χ1v) is 20.2. The van der Waals surface area contributed by atoms with Crippen molar-refractivity contribution in [1.29, 1.82) is 0 Å².